The largest absolute Gasteiger partial charge is 0.324 e. The lowest BCUT2D eigenvalue weighted by molar-refractivity contribution is -0.120. The summed E-state index contributed by atoms with van der Waals surface area (Å²) in [5, 5.41) is 10.3. The van der Waals surface area contributed by atoms with Crippen molar-refractivity contribution in [1.29, 1.82) is 0 Å². The van der Waals surface area contributed by atoms with Crippen LogP contribution in [0, 0.1) is 11.8 Å². The minimum atomic E-state index is 0.0285. The maximum atomic E-state index is 12.1. The van der Waals surface area contributed by atoms with Gasteiger partial charge in [0.25, 0.3) is 0 Å². The number of rotatable bonds is 3. The van der Waals surface area contributed by atoms with Gasteiger partial charge in [0.15, 0.2) is 5.82 Å². The number of aromatic nitrogens is 3. The van der Waals surface area contributed by atoms with Crippen LogP contribution in [0.2, 0.25) is 0 Å². The second-order valence-corrected chi connectivity index (χ2v) is 5.09. The third-order valence-corrected chi connectivity index (χ3v) is 3.61. The highest BCUT2D eigenvalue weighted by Gasteiger charge is 2.29. The minimum absolute atomic E-state index is 0.0285. The first-order valence-electron chi connectivity index (χ1n) is 6.71. The van der Waals surface area contributed by atoms with Crippen LogP contribution in [-0.2, 0) is 4.79 Å². The van der Waals surface area contributed by atoms with E-state index in [2.05, 4.69) is 27.6 Å². The van der Waals surface area contributed by atoms with E-state index in [1.54, 1.807) is 17.1 Å². The summed E-state index contributed by atoms with van der Waals surface area (Å²) >= 11 is 0. The third kappa shape index (κ3) is 2.55. The summed E-state index contributed by atoms with van der Waals surface area (Å²) in [5.74, 6) is 1.17. The van der Waals surface area contributed by atoms with E-state index < -0.39 is 0 Å². The zero-order chi connectivity index (χ0) is 13.9. The van der Waals surface area contributed by atoms with Crippen LogP contribution < -0.4 is 10.6 Å². The van der Waals surface area contributed by atoms with Crippen molar-refractivity contribution < 1.29 is 4.79 Å². The zero-order valence-corrected chi connectivity index (χ0v) is 11.3. The number of hydrogen-bond donors (Lipinski definition) is 2. The summed E-state index contributed by atoms with van der Waals surface area (Å²) in [4.78, 5) is 16.4. The Labute approximate surface area is 117 Å². The van der Waals surface area contributed by atoms with Crippen LogP contribution >= 0.6 is 0 Å². The van der Waals surface area contributed by atoms with Crippen molar-refractivity contribution in [2.45, 2.75) is 6.92 Å². The molecule has 0 saturated carbocycles. The van der Waals surface area contributed by atoms with Gasteiger partial charge in [-0.25, -0.2) is 9.67 Å². The Morgan fingerprint density at radius 2 is 2.35 bits per heavy atom. The number of hydrogen-bond acceptors (Lipinski definition) is 4. The number of anilines is 1. The molecule has 3 rings (SSSR count). The topological polar surface area (TPSA) is 71.8 Å². The van der Waals surface area contributed by atoms with E-state index in [-0.39, 0.29) is 11.8 Å². The fraction of sp³-hybridized carbons (Fsp3) is 0.357. The van der Waals surface area contributed by atoms with Gasteiger partial charge in [0, 0.05) is 18.9 Å². The second-order valence-electron chi connectivity index (χ2n) is 5.09. The molecule has 20 heavy (non-hydrogen) atoms. The first-order chi connectivity index (χ1) is 9.74. The molecule has 0 aromatic carbocycles. The van der Waals surface area contributed by atoms with Crippen LogP contribution in [0.15, 0.2) is 36.8 Å². The molecule has 104 valence electrons. The summed E-state index contributed by atoms with van der Waals surface area (Å²) in [6.45, 7) is 3.73. The normalized spacial score (nSPS) is 21.9. The predicted octanol–water partition coefficient (Wildman–Crippen LogP) is 1.06. The molecule has 1 amide bonds. The van der Waals surface area contributed by atoms with Crippen LogP contribution in [-0.4, -0.2) is 33.8 Å². The number of carbonyl (C=O) groups is 1. The highest BCUT2D eigenvalue weighted by molar-refractivity contribution is 5.93. The lowest BCUT2D eigenvalue weighted by Crippen LogP contribution is -2.27. The Morgan fingerprint density at radius 3 is 2.95 bits per heavy atom. The molecule has 1 aliphatic rings. The van der Waals surface area contributed by atoms with Gasteiger partial charge in [0.05, 0.1) is 17.8 Å². The van der Waals surface area contributed by atoms with Crippen LogP contribution in [0.4, 0.5) is 5.69 Å². The third-order valence-electron chi connectivity index (χ3n) is 3.61. The van der Waals surface area contributed by atoms with Crippen molar-refractivity contribution in [1.82, 2.24) is 20.1 Å². The molecule has 0 spiro atoms. The molecule has 1 aliphatic heterocycles. The molecule has 6 nitrogen and oxygen atoms in total. The zero-order valence-electron chi connectivity index (χ0n) is 11.3. The molecule has 1 saturated heterocycles. The van der Waals surface area contributed by atoms with Crippen LogP contribution in [0.3, 0.4) is 0 Å². The fourth-order valence-corrected chi connectivity index (χ4v) is 2.40. The summed E-state index contributed by atoms with van der Waals surface area (Å²) in [7, 11) is 0. The van der Waals surface area contributed by atoms with Gasteiger partial charge in [0.1, 0.15) is 0 Å². The molecule has 0 bridgehead atoms. The average Bonchev–Trinajstić information content (AvgIpc) is 3.10. The molecular formula is C14H17N5O. The molecule has 2 aromatic rings. The number of nitrogens with one attached hydrogen (secondary N) is 2. The molecule has 6 heteroatoms. The summed E-state index contributed by atoms with van der Waals surface area (Å²) in [6, 6.07) is 5.51. The van der Waals surface area contributed by atoms with E-state index in [4.69, 9.17) is 0 Å². The van der Waals surface area contributed by atoms with Crippen molar-refractivity contribution in [3.8, 4) is 5.82 Å². The van der Waals surface area contributed by atoms with Crippen molar-refractivity contribution in [3.05, 3.63) is 36.8 Å². The Kier molecular flexibility index (Phi) is 3.47. The van der Waals surface area contributed by atoms with Gasteiger partial charge in [-0.3, -0.25) is 4.79 Å². The monoisotopic (exact) mass is 271 g/mol. The number of carbonyl (C=O) groups excluding carboxylic acids is 1. The van der Waals surface area contributed by atoms with Crippen molar-refractivity contribution in [3.63, 3.8) is 0 Å². The fourth-order valence-electron chi connectivity index (χ4n) is 2.40. The quantitative estimate of drug-likeness (QED) is 0.875. The lowest BCUT2D eigenvalue weighted by atomic mass is 9.97. The van der Waals surface area contributed by atoms with E-state index in [9.17, 15) is 4.79 Å². The molecule has 2 atom stereocenters. The summed E-state index contributed by atoms with van der Waals surface area (Å²) in [5.41, 5.74) is 0.713. The van der Waals surface area contributed by atoms with Gasteiger partial charge in [0.2, 0.25) is 5.91 Å². The van der Waals surface area contributed by atoms with E-state index in [1.807, 2.05) is 24.4 Å². The Bertz CT molecular complexity index is 578. The SMILES string of the molecule is CC1CNCC1C(=O)Nc1ccc(-n2cccn2)nc1. The lowest BCUT2D eigenvalue weighted by Gasteiger charge is -2.14. The summed E-state index contributed by atoms with van der Waals surface area (Å²) in [6.07, 6.45) is 5.18. The Morgan fingerprint density at radius 1 is 1.45 bits per heavy atom. The second kappa shape index (κ2) is 5.42. The minimum Gasteiger partial charge on any atom is -0.324 e. The van der Waals surface area contributed by atoms with E-state index in [1.165, 1.54) is 0 Å². The maximum Gasteiger partial charge on any atom is 0.229 e. The Balaban J connectivity index is 1.68. The molecule has 2 N–H and O–H groups in total. The number of nitrogens with zero attached hydrogens (tertiary/aromatic N) is 3. The molecule has 2 aromatic heterocycles. The van der Waals surface area contributed by atoms with Crippen LogP contribution in [0.25, 0.3) is 5.82 Å². The molecule has 0 radical (unpaired) electrons. The van der Waals surface area contributed by atoms with Gasteiger partial charge < -0.3 is 10.6 Å². The van der Waals surface area contributed by atoms with Crippen molar-refractivity contribution >= 4 is 11.6 Å². The van der Waals surface area contributed by atoms with Gasteiger partial charge in [-0.15, -0.1) is 0 Å². The first kappa shape index (κ1) is 12.8. The van der Waals surface area contributed by atoms with Gasteiger partial charge in [-0.1, -0.05) is 6.92 Å². The highest BCUT2D eigenvalue weighted by atomic mass is 16.1. The molecule has 3 heterocycles. The van der Waals surface area contributed by atoms with Gasteiger partial charge >= 0.3 is 0 Å². The van der Waals surface area contributed by atoms with Gasteiger partial charge in [-0.2, -0.15) is 5.10 Å². The van der Waals surface area contributed by atoms with Crippen molar-refractivity contribution in [2.24, 2.45) is 11.8 Å². The molecule has 0 aliphatic carbocycles. The van der Waals surface area contributed by atoms with Crippen LogP contribution in [0.5, 0.6) is 0 Å². The number of pyridine rings is 1. The maximum absolute atomic E-state index is 12.1. The van der Waals surface area contributed by atoms with Crippen LogP contribution in [0.1, 0.15) is 6.92 Å². The first-order valence-corrected chi connectivity index (χ1v) is 6.71. The molecule has 1 fully saturated rings. The number of amides is 1. The van der Waals surface area contributed by atoms with Crippen molar-refractivity contribution in [2.75, 3.05) is 18.4 Å². The standard InChI is InChI=1S/C14H17N5O/c1-10-7-15-9-12(10)14(20)18-11-3-4-13(16-8-11)19-6-2-5-17-19/h2-6,8,10,12,15H,7,9H2,1H3,(H,18,20). The Hall–Kier alpha value is -2.21. The van der Waals surface area contributed by atoms with Gasteiger partial charge in [-0.05, 0) is 30.7 Å². The molecular weight excluding hydrogens is 254 g/mol. The molecule has 2 unspecified atom stereocenters. The van der Waals surface area contributed by atoms with E-state index in [0.29, 0.717) is 11.6 Å². The summed E-state index contributed by atoms with van der Waals surface area (Å²) < 4.78 is 1.68. The highest BCUT2D eigenvalue weighted by Crippen LogP contribution is 2.18. The average molecular weight is 271 g/mol. The predicted molar refractivity (Wildman–Crippen MR) is 75.5 cm³/mol. The van der Waals surface area contributed by atoms with E-state index >= 15 is 0 Å². The smallest absolute Gasteiger partial charge is 0.229 e. The van der Waals surface area contributed by atoms with E-state index in [0.717, 1.165) is 18.9 Å².